The van der Waals surface area contributed by atoms with Gasteiger partial charge >= 0.3 is 0 Å². The molecule has 0 amide bonds. The Morgan fingerprint density at radius 3 is 3.00 bits per heavy atom. The van der Waals surface area contributed by atoms with Crippen LogP contribution in [0.4, 0.5) is 5.69 Å². The minimum absolute atomic E-state index is 0.242. The number of hydrogen-bond acceptors (Lipinski definition) is 3. The number of nitrogens with zero attached hydrogens (tertiary/aromatic N) is 1. The van der Waals surface area contributed by atoms with E-state index in [2.05, 4.69) is 51.3 Å². The molecule has 1 atom stereocenters. The Hall–Kier alpha value is -0.580. The van der Waals surface area contributed by atoms with Crippen LogP contribution in [0, 0.1) is 0 Å². The minimum atomic E-state index is 0.242. The van der Waals surface area contributed by atoms with E-state index in [4.69, 9.17) is 0 Å². The molecule has 2 rings (SSSR count). The van der Waals surface area contributed by atoms with Crippen LogP contribution in [0.5, 0.6) is 0 Å². The molecule has 3 nitrogen and oxygen atoms in total. The van der Waals surface area contributed by atoms with E-state index in [1.165, 1.54) is 11.3 Å². The van der Waals surface area contributed by atoms with Crippen molar-refractivity contribution >= 4 is 21.6 Å². The van der Waals surface area contributed by atoms with E-state index in [1.807, 2.05) is 0 Å². The summed E-state index contributed by atoms with van der Waals surface area (Å²) in [5.74, 6) is 0. The number of nitrogens with one attached hydrogen (secondary N) is 1. The second-order valence-electron chi connectivity index (χ2n) is 5.13. The molecule has 2 N–H and O–H groups in total. The lowest BCUT2D eigenvalue weighted by Crippen LogP contribution is -2.32. The summed E-state index contributed by atoms with van der Waals surface area (Å²) in [7, 11) is 0. The van der Waals surface area contributed by atoms with Crippen molar-refractivity contribution in [3.05, 3.63) is 28.2 Å². The van der Waals surface area contributed by atoms with Gasteiger partial charge in [-0.1, -0.05) is 13.0 Å². The third-order valence-corrected chi connectivity index (χ3v) is 4.30. The Morgan fingerprint density at radius 2 is 2.32 bits per heavy atom. The normalized spacial score (nSPS) is 19.1. The maximum Gasteiger partial charge on any atom is 0.0635 e. The van der Waals surface area contributed by atoms with Crippen LogP contribution in [0.1, 0.15) is 31.7 Å². The molecule has 1 aromatic carbocycles. The van der Waals surface area contributed by atoms with Crippen LogP contribution in [0.3, 0.4) is 0 Å². The van der Waals surface area contributed by atoms with Gasteiger partial charge in [-0.25, -0.2) is 0 Å². The Balaban J connectivity index is 2.06. The molecule has 0 spiro atoms. The third kappa shape index (κ3) is 3.71. The fourth-order valence-electron chi connectivity index (χ4n) is 2.65. The number of aliphatic hydroxyl groups excluding tert-OH is 1. The average molecular weight is 327 g/mol. The minimum Gasteiger partial charge on any atom is -0.394 e. The Morgan fingerprint density at radius 1 is 1.47 bits per heavy atom. The van der Waals surface area contributed by atoms with Crippen molar-refractivity contribution in [1.82, 2.24) is 5.32 Å². The molecule has 4 heteroatoms. The van der Waals surface area contributed by atoms with E-state index >= 15 is 0 Å². The highest BCUT2D eigenvalue weighted by molar-refractivity contribution is 9.10. The van der Waals surface area contributed by atoms with Gasteiger partial charge in [-0.05, 0) is 59.4 Å². The maximum absolute atomic E-state index is 9.42. The molecule has 0 saturated carbocycles. The van der Waals surface area contributed by atoms with Crippen molar-refractivity contribution < 1.29 is 5.11 Å². The number of halogens is 1. The van der Waals surface area contributed by atoms with E-state index in [-0.39, 0.29) is 12.6 Å². The molecular weight excluding hydrogens is 304 g/mol. The van der Waals surface area contributed by atoms with Gasteiger partial charge in [0.1, 0.15) is 0 Å². The van der Waals surface area contributed by atoms with Crippen molar-refractivity contribution in [1.29, 1.82) is 0 Å². The van der Waals surface area contributed by atoms with Crippen molar-refractivity contribution in [2.45, 2.75) is 38.8 Å². The largest absolute Gasteiger partial charge is 0.394 e. The van der Waals surface area contributed by atoms with E-state index in [9.17, 15) is 5.11 Å². The Kier molecular flexibility index (Phi) is 5.67. The van der Waals surface area contributed by atoms with Crippen LogP contribution in [0.15, 0.2) is 22.7 Å². The zero-order valence-corrected chi connectivity index (χ0v) is 13.1. The SMILES string of the molecule is CCCNCc1ccc(N2CCCC2CO)c(Br)c1. The second-order valence-corrected chi connectivity index (χ2v) is 5.99. The quantitative estimate of drug-likeness (QED) is 0.789. The lowest BCUT2D eigenvalue weighted by Gasteiger charge is -2.26. The highest BCUT2D eigenvalue weighted by Crippen LogP contribution is 2.32. The van der Waals surface area contributed by atoms with Gasteiger partial charge in [0, 0.05) is 17.6 Å². The molecule has 0 bridgehead atoms. The van der Waals surface area contributed by atoms with Crippen LogP contribution in [-0.4, -0.2) is 30.8 Å². The summed E-state index contributed by atoms with van der Waals surface area (Å²) in [5.41, 5.74) is 2.50. The van der Waals surface area contributed by atoms with Crippen LogP contribution >= 0.6 is 15.9 Å². The molecule has 1 aliphatic heterocycles. The van der Waals surface area contributed by atoms with Crippen LogP contribution in [0.2, 0.25) is 0 Å². The van der Waals surface area contributed by atoms with Gasteiger partial charge in [0.25, 0.3) is 0 Å². The summed E-state index contributed by atoms with van der Waals surface area (Å²) in [6.07, 6.45) is 3.41. The summed E-state index contributed by atoms with van der Waals surface area (Å²) < 4.78 is 1.13. The Bertz CT molecular complexity index is 411. The predicted molar refractivity (Wildman–Crippen MR) is 83.6 cm³/mol. The van der Waals surface area contributed by atoms with Gasteiger partial charge in [0.15, 0.2) is 0 Å². The predicted octanol–water partition coefficient (Wildman–Crippen LogP) is 2.91. The summed E-state index contributed by atoms with van der Waals surface area (Å²) in [5, 5.41) is 12.8. The van der Waals surface area contributed by atoms with Gasteiger partial charge in [0.2, 0.25) is 0 Å². The third-order valence-electron chi connectivity index (χ3n) is 3.67. The molecule has 1 heterocycles. The first kappa shape index (κ1) is 14.8. The first-order valence-electron chi connectivity index (χ1n) is 7.13. The molecule has 1 fully saturated rings. The summed E-state index contributed by atoms with van der Waals surface area (Å²) >= 11 is 3.67. The molecule has 1 saturated heterocycles. The summed E-state index contributed by atoms with van der Waals surface area (Å²) in [6, 6.07) is 6.81. The van der Waals surface area contributed by atoms with E-state index < -0.39 is 0 Å². The number of hydrogen-bond donors (Lipinski definition) is 2. The lowest BCUT2D eigenvalue weighted by atomic mass is 10.1. The molecule has 106 valence electrons. The second kappa shape index (κ2) is 7.27. The highest BCUT2D eigenvalue weighted by atomic mass is 79.9. The maximum atomic E-state index is 9.42. The first-order chi connectivity index (χ1) is 9.26. The van der Waals surface area contributed by atoms with Gasteiger partial charge < -0.3 is 15.3 Å². The van der Waals surface area contributed by atoms with Crippen molar-refractivity contribution in [2.75, 3.05) is 24.6 Å². The Labute approximate surface area is 124 Å². The van der Waals surface area contributed by atoms with Gasteiger partial charge in [0.05, 0.1) is 18.3 Å². The van der Waals surface area contributed by atoms with Gasteiger partial charge in [-0.3, -0.25) is 0 Å². The zero-order chi connectivity index (χ0) is 13.7. The van der Waals surface area contributed by atoms with E-state index in [0.717, 1.165) is 43.4 Å². The average Bonchev–Trinajstić information content (AvgIpc) is 2.87. The van der Waals surface area contributed by atoms with E-state index in [0.29, 0.717) is 0 Å². The lowest BCUT2D eigenvalue weighted by molar-refractivity contribution is 0.266. The molecule has 1 unspecified atom stereocenters. The monoisotopic (exact) mass is 326 g/mol. The fraction of sp³-hybridized carbons (Fsp3) is 0.600. The molecule has 19 heavy (non-hydrogen) atoms. The molecule has 1 aromatic rings. The molecule has 0 radical (unpaired) electrons. The van der Waals surface area contributed by atoms with Gasteiger partial charge in [-0.15, -0.1) is 0 Å². The van der Waals surface area contributed by atoms with Crippen LogP contribution in [-0.2, 0) is 6.54 Å². The van der Waals surface area contributed by atoms with Crippen molar-refractivity contribution in [3.63, 3.8) is 0 Å². The number of rotatable bonds is 6. The molecular formula is C15H23BrN2O. The van der Waals surface area contributed by atoms with Crippen molar-refractivity contribution in [3.8, 4) is 0 Å². The number of anilines is 1. The first-order valence-corrected chi connectivity index (χ1v) is 7.92. The van der Waals surface area contributed by atoms with Crippen LogP contribution in [0.25, 0.3) is 0 Å². The van der Waals surface area contributed by atoms with E-state index in [1.54, 1.807) is 0 Å². The molecule has 1 aliphatic rings. The zero-order valence-electron chi connectivity index (χ0n) is 11.5. The summed E-state index contributed by atoms with van der Waals surface area (Å²) in [6.45, 7) is 5.42. The smallest absolute Gasteiger partial charge is 0.0635 e. The fourth-order valence-corrected chi connectivity index (χ4v) is 3.30. The molecule has 0 aromatic heterocycles. The van der Waals surface area contributed by atoms with Gasteiger partial charge in [-0.2, -0.15) is 0 Å². The highest BCUT2D eigenvalue weighted by Gasteiger charge is 2.25. The van der Waals surface area contributed by atoms with Crippen LogP contribution < -0.4 is 10.2 Å². The number of aliphatic hydroxyl groups is 1. The number of benzene rings is 1. The molecule has 0 aliphatic carbocycles. The summed E-state index contributed by atoms with van der Waals surface area (Å²) in [4.78, 5) is 2.31. The standard InChI is InChI=1S/C15H23BrN2O/c1-2-7-17-10-12-5-6-15(14(16)9-12)18-8-3-4-13(18)11-19/h5-6,9,13,17,19H,2-4,7-8,10-11H2,1H3. The van der Waals surface area contributed by atoms with Crippen molar-refractivity contribution in [2.24, 2.45) is 0 Å². The topological polar surface area (TPSA) is 35.5 Å².